The van der Waals surface area contributed by atoms with Crippen molar-refractivity contribution in [3.05, 3.63) is 58.7 Å². The maximum Gasteiger partial charge on any atom is 0.419 e. The molecule has 0 saturated carbocycles. The lowest BCUT2D eigenvalue weighted by molar-refractivity contribution is -0.140. The fraction of sp³-hybridized carbons (Fsp3) is 0.0769. The Balaban J connectivity index is 2.46. The molecule has 0 unspecified atom stereocenters. The molecule has 0 fully saturated rings. The van der Waals surface area contributed by atoms with Crippen LogP contribution in [0.5, 0.6) is 0 Å². The first-order valence-corrected chi connectivity index (χ1v) is 5.54. The molecular weight excluding hydrogens is 294 g/mol. The number of hydrogen-bond acceptors (Lipinski definition) is 2. The van der Waals surface area contributed by atoms with E-state index in [-0.39, 0.29) is 11.3 Å². The zero-order valence-corrected chi connectivity index (χ0v) is 10.2. The van der Waals surface area contributed by atoms with Gasteiger partial charge in [-0.15, -0.1) is 0 Å². The summed E-state index contributed by atoms with van der Waals surface area (Å²) in [7, 11) is 0. The van der Waals surface area contributed by atoms with Crippen molar-refractivity contribution in [1.29, 1.82) is 0 Å². The molecular formula is C13H7F4NO3. The number of nitrogens with one attached hydrogen (secondary N) is 1. The lowest BCUT2D eigenvalue weighted by Crippen LogP contribution is -2.12. The van der Waals surface area contributed by atoms with E-state index in [1.54, 1.807) is 0 Å². The molecule has 1 aromatic carbocycles. The van der Waals surface area contributed by atoms with Gasteiger partial charge >= 0.3 is 12.1 Å². The van der Waals surface area contributed by atoms with Crippen LogP contribution in [0.15, 0.2) is 30.5 Å². The van der Waals surface area contributed by atoms with Gasteiger partial charge in [-0.05, 0) is 18.2 Å². The number of aromatic carboxylic acids is 1. The Hall–Kier alpha value is -2.64. The summed E-state index contributed by atoms with van der Waals surface area (Å²) in [5.41, 5.74) is -2.90. The van der Waals surface area contributed by atoms with Crippen LogP contribution in [0, 0.1) is 5.82 Å². The maximum absolute atomic E-state index is 13.8. The minimum Gasteiger partial charge on any atom is -0.477 e. The summed E-state index contributed by atoms with van der Waals surface area (Å²) >= 11 is 0. The molecule has 1 heterocycles. The minimum absolute atomic E-state index is 0.245. The average molecular weight is 301 g/mol. The number of hydrogen-bond donors (Lipinski definition) is 2. The molecule has 21 heavy (non-hydrogen) atoms. The second kappa shape index (κ2) is 5.04. The second-order valence-corrected chi connectivity index (χ2v) is 4.10. The molecule has 0 saturated heterocycles. The summed E-state index contributed by atoms with van der Waals surface area (Å²) < 4.78 is 51.5. The van der Waals surface area contributed by atoms with Crippen molar-refractivity contribution in [3.8, 4) is 0 Å². The summed E-state index contributed by atoms with van der Waals surface area (Å²) in [6.07, 6.45) is -3.93. The van der Waals surface area contributed by atoms with Gasteiger partial charge in [0.15, 0.2) is 5.78 Å². The molecule has 4 nitrogen and oxygen atoms in total. The van der Waals surface area contributed by atoms with E-state index in [4.69, 9.17) is 5.11 Å². The van der Waals surface area contributed by atoms with Crippen molar-refractivity contribution >= 4 is 11.8 Å². The Morgan fingerprint density at radius 3 is 2.38 bits per heavy atom. The van der Waals surface area contributed by atoms with Gasteiger partial charge in [-0.25, -0.2) is 9.18 Å². The number of alkyl halides is 3. The van der Waals surface area contributed by atoms with Gasteiger partial charge in [0, 0.05) is 11.8 Å². The molecule has 8 heteroatoms. The van der Waals surface area contributed by atoms with Crippen LogP contribution in [0.1, 0.15) is 32.0 Å². The van der Waals surface area contributed by atoms with Crippen LogP contribution < -0.4 is 0 Å². The Labute approximate surface area is 115 Å². The topological polar surface area (TPSA) is 70.2 Å². The second-order valence-electron chi connectivity index (χ2n) is 4.10. The molecule has 0 aliphatic carbocycles. The van der Waals surface area contributed by atoms with Crippen molar-refractivity contribution < 1.29 is 32.3 Å². The van der Waals surface area contributed by atoms with Crippen LogP contribution in [0.3, 0.4) is 0 Å². The van der Waals surface area contributed by atoms with Gasteiger partial charge in [-0.2, -0.15) is 13.2 Å². The monoisotopic (exact) mass is 301 g/mol. The third-order valence-corrected chi connectivity index (χ3v) is 2.72. The van der Waals surface area contributed by atoms with E-state index in [2.05, 4.69) is 4.98 Å². The number of H-pyrrole nitrogens is 1. The highest BCUT2D eigenvalue weighted by molar-refractivity contribution is 6.10. The highest BCUT2D eigenvalue weighted by Crippen LogP contribution is 2.32. The van der Waals surface area contributed by atoms with Crippen molar-refractivity contribution in [3.63, 3.8) is 0 Å². The van der Waals surface area contributed by atoms with Crippen LogP contribution in [-0.4, -0.2) is 21.8 Å². The Morgan fingerprint density at radius 2 is 1.86 bits per heavy atom. The van der Waals surface area contributed by atoms with E-state index >= 15 is 0 Å². The number of carbonyl (C=O) groups excluding carboxylic acids is 1. The summed E-state index contributed by atoms with van der Waals surface area (Å²) in [6.45, 7) is 0. The molecule has 0 spiro atoms. The van der Waals surface area contributed by atoms with E-state index in [0.29, 0.717) is 6.07 Å². The van der Waals surface area contributed by atoms with Gasteiger partial charge in [-0.1, -0.05) is 6.07 Å². The lowest BCUT2D eigenvalue weighted by Gasteiger charge is -2.10. The zero-order valence-electron chi connectivity index (χ0n) is 10.2. The first kappa shape index (κ1) is 14.8. The van der Waals surface area contributed by atoms with Gasteiger partial charge in [0.25, 0.3) is 0 Å². The predicted molar refractivity (Wildman–Crippen MR) is 62.6 cm³/mol. The van der Waals surface area contributed by atoms with Gasteiger partial charge in [-0.3, -0.25) is 4.79 Å². The fourth-order valence-corrected chi connectivity index (χ4v) is 1.73. The van der Waals surface area contributed by atoms with E-state index in [9.17, 15) is 27.2 Å². The lowest BCUT2D eigenvalue weighted by atomic mass is 10.0. The number of aromatic nitrogens is 1. The SMILES string of the molecule is O=C(O)c1cc(C(=O)c2cccc(C(F)(F)F)c2F)c[nH]1. The van der Waals surface area contributed by atoms with Gasteiger partial charge in [0.2, 0.25) is 0 Å². The Morgan fingerprint density at radius 1 is 1.19 bits per heavy atom. The molecule has 0 atom stereocenters. The number of carbonyl (C=O) groups is 2. The molecule has 1 aromatic heterocycles. The molecule has 0 amide bonds. The minimum atomic E-state index is -4.93. The quantitative estimate of drug-likeness (QED) is 0.676. The molecule has 0 bridgehead atoms. The molecule has 110 valence electrons. The zero-order chi connectivity index (χ0) is 15.8. The number of benzene rings is 1. The Kier molecular flexibility index (Phi) is 3.54. The standard InChI is InChI=1S/C13H7F4NO3/c14-10-7(2-1-3-8(10)13(15,16)17)11(19)6-4-9(12(20)21)18-5-6/h1-5,18H,(H,20,21). The molecule has 2 N–H and O–H groups in total. The molecule has 0 aliphatic rings. The van der Waals surface area contributed by atoms with Crippen LogP contribution in [-0.2, 0) is 6.18 Å². The Bertz CT molecular complexity index is 718. The largest absolute Gasteiger partial charge is 0.477 e. The summed E-state index contributed by atoms with van der Waals surface area (Å²) in [5, 5.41) is 8.69. The summed E-state index contributed by atoms with van der Waals surface area (Å²) in [4.78, 5) is 24.9. The smallest absolute Gasteiger partial charge is 0.419 e. The van der Waals surface area contributed by atoms with Crippen LogP contribution in [0.4, 0.5) is 17.6 Å². The fourth-order valence-electron chi connectivity index (χ4n) is 1.73. The third kappa shape index (κ3) is 2.78. The molecule has 0 radical (unpaired) electrons. The highest BCUT2D eigenvalue weighted by Gasteiger charge is 2.35. The van der Waals surface area contributed by atoms with Crippen molar-refractivity contribution in [1.82, 2.24) is 4.98 Å². The number of carboxylic acids is 1. The molecule has 0 aliphatic heterocycles. The van der Waals surface area contributed by atoms with Crippen LogP contribution in [0.25, 0.3) is 0 Å². The number of aromatic amines is 1. The number of halogens is 4. The highest BCUT2D eigenvalue weighted by atomic mass is 19.4. The third-order valence-electron chi connectivity index (χ3n) is 2.72. The number of carboxylic acid groups (broad SMARTS) is 1. The van der Waals surface area contributed by atoms with E-state index in [1.807, 2.05) is 0 Å². The number of ketones is 1. The van der Waals surface area contributed by atoms with Crippen LogP contribution >= 0.6 is 0 Å². The van der Waals surface area contributed by atoms with Crippen LogP contribution in [0.2, 0.25) is 0 Å². The first-order chi connectivity index (χ1) is 9.71. The molecule has 2 aromatic rings. The van der Waals surface area contributed by atoms with Gasteiger partial charge in [0.05, 0.1) is 11.1 Å². The van der Waals surface area contributed by atoms with Crippen molar-refractivity contribution in [2.75, 3.05) is 0 Å². The van der Waals surface area contributed by atoms with Crippen molar-refractivity contribution in [2.45, 2.75) is 6.18 Å². The van der Waals surface area contributed by atoms with E-state index in [1.165, 1.54) is 0 Å². The molecule has 2 rings (SSSR count). The predicted octanol–water partition coefficient (Wildman–Crippen LogP) is 3.10. The average Bonchev–Trinajstić information content (AvgIpc) is 2.86. The van der Waals surface area contributed by atoms with Crippen molar-refractivity contribution in [2.24, 2.45) is 0 Å². The van der Waals surface area contributed by atoms with Gasteiger partial charge < -0.3 is 10.1 Å². The summed E-state index contributed by atoms with van der Waals surface area (Å²) in [5.74, 6) is -4.08. The maximum atomic E-state index is 13.8. The van der Waals surface area contributed by atoms with E-state index in [0.717, 1.165) is 24.4 Å². The van der Waals surface area contributed by atoms with E-state index < -0.39 is 34.9 Å². The normalized spacial score (nSPS) is 11.4. The first-order valence-electron chi connectivity index (χ1n) is 5.54. The summed E-state index contributed by atoms with van der Waals surface area (Å²) in [6, 6.07) is 3.25. The number of rotatable bonds is 3. The van der Waals surface area contributed by atoms with Gasteiger partial charge in [0.1, 0.15) is 11.5 Å².